The first-order chi connectivity index (χ1) is 9.52. The number of nitrogens with one attached hydrogen (secondary N) is 1. The lowest BCUT2D eigenvalue weighted by Crippen LogP contribution is -1.94. The Bertz CT molecular complexity index is 846. The zero-order chi connectivity index (χ0) is 14.3. The monoisotopic (exact) mass is 270 g/mol. The average molecular weight is 270 g/mol. The molecule has 0 aliphatic rings. The molecule has 0 saturated carbocycles. The molecule has 5 nitrogen and oxygen atoms in total. The maximum atomic E-state index is 11.2. The minimum atomic E-state index is -0.511. The fraction of sp³-hybridized carbons (Fsp3) is 0.133. The SMILES string of the molecule is Cc1ccc(C)c(Oc2cc3[nH]c(=O)oc3cc2N)c1. The van der Waals surface area contributed by atoms with Crippen molar-refractivity contribution in [2.24, 2.45) is 0 Å². The summed E-state index contributed by atoms with van der Waals surface area (Å²) >= 11 is 0. The van der Waals surface area contributed by atoms with Gasteiger partial charge in [-0.15, -0.1) is 0 Å². The quantitative estimate of drug-likeness (QED) is 0.701. The molecule has 3 aromatic rings. The fourth-order valence-electron chi connectivity index (χ4n) is 2.02. The van der Waals surface area contributed by atoms with Crippen LogP contribution >= 0.6 is 0 Å². The Labute approximate surface area is 115 Å². The van der Waals surface area contributed by atoms with E-state index in [1.54, 1.807) is 12.1 Å². The van der Waals surface area contributed by atoms with Gasteiger partial charge in [0.15, 0.2) is 11.3 Å². The highest BCUT2D eigenvalue weighted by Gasteiger charge is 2.10. The first-order valence-electron chi connectivity index (χ1n) is 6.20. The standard InChI is InChI=1S/C15H14N2O3/c1-8-3-4-9(2)12(5-8)19-13-7-11-14(6-10(13)16)20-15(18)17-11/h3-7H,16H2,1-2H3,(H,17,18). The lowest BCUT2D eigenvalue weighted by atomic mass is 10.1. The van der Waals surface area contributed by atoms with Crippen LogP contribution in [0.5, 0.6) is 11.5 Å². The highest BCUT2D eigenvalue weighted by molar-refractivity contribution is 5.80. The number of benzene rings is 2. The molecule has 0 amide bonds. The topological polar surface area (TPSA) is 81.2 Å². The normalized spacial score (nSPS) is 10.9. The Balaban J connectivity index is 2.07. The maximum absolute atomic E-state index is 11.2. The van der Waals surface area contributed by atoms with E-state index < -0.39 is 5.76 Å². The van der Waals surface area contributed by atoms with E-state index in [1.165, 1.54) is 0 Å². The van der Waals surface area contributed by atoms with Gasteiger partial charge in [0.25, 0.3) is 0 Å². The van der Waals surface area contributed by atoms with E-state index in [9.17, 15) is 4.79 Å². The maximum Gasteiger partial charge on any atom is 0.417 e. The minimum absolute atomic E-state index is 0.417. The molecule has 1 heterocycles. The Morgan fingerprint density at radius 2 is 1.95 bits per heavy atom. The number of oxazole rings is 1. The van der Waals surface area contributed by atoms with Crippen molar-refractivity contribution < 1.29 is 9.15 Å². The van der Waals surface area contributed by atoms with Crippen molar-refractivity contribution in [1.82, 2.24) is 4.98 Å². The zero-order valence-corrected chi connectivity index (χ0v) is 11.2. The number of aryl methyl sites for hydroxylation is 2. The van der Waals surface area contributed by atoms with Gasteiger partial charge in [-0.1, -0.05) is 12.1 Å². The summed E-state index contributed by atoms with van der Waals surface area (Å²) in [6, 6.07) is 9.18. The van der Waals surface area contributed by atoms with Gasteiger partial charge in [0.05, 0.1) is 11.2 Å². The molecule has 0 bridgehead atoms. The highest BCUT2D eigenvalue weighted by Crippen LogP contribution is 2.32. The molecule has 2 aromatic carbocycles. The summed E-state index contributed by atoms with van der Waals surface area (Å²) < 4.78 is 10.8. The number of fused-ring (bicyclic) bond motifs is 1. The molecule has 0 radical (unpaired) electrons. The van der Waals surface area contributed by atoms with Crippen molar-refractivity contribution >= 4 is 16.8 Å². The van der Waals surface area contributed by atoms with Crippen molar-refractivity contribution in [2.75, 3.05) is 5.73 Å². The Kier molecular flexibility index (Phi) is 2.75. The summed E-state index contributed by atoms with van der Waals surface area (Å²) in [5.74, 6) is 0.716. The molecule has 20 heavy (non-hydrogen) atoms. The first kappa shape index (κ1) is 12.3. The van der Waals surface area contributed by atoms with Crippen LogP contribution in [0.4, 0.5) is 5.69 Å². The predicted molar refractivity (Wildman–Crippen MR) is 77.2 cm³/mol. The van der Waals surface area contributed by atoms with Crippen LogP contribution in [0.3, 0.4) is 0 Å². The van der Waals surface area contributed by atoms with Gasteiger partial charge in [0.1, 0.15) is 5.75 Å². The van der Waals surface area contributed by atoms with Crippen LogP contribution in [-0.4, -0.2) is 4.98 Å². The van der Waals surface area contributed by atoms with Crippen LogP contribution in [0.25, 0.3) is 11.1 Å². The second kappa shape index (κ2) is 4.45. The van der Waals surface area contributed by atoms with Crippen molar-refractivity contribution in [2.45, 2.75) is 13.8 Å². The van der Waals surface area contributed by atoms with Gasteiger partial charge in [-0.25, -0.2) is 4.79 Å². The summed E-state index contributed by atoms with van der Waals surface area (Å²) in [6.07, 6.45) is 0. The molecule has 0 aliphatic heterocycles. The van der Waals surface area contributed by atoms with Crippen LogP contribution < -0.4 is 16.2 Å². The van der Waals surface area contributed by atoms with Gasteiger partial charge >= 0.3 is 5.76 Å². The highest BCUT2D eigenvalue weighted by atomic mass is 16.5. The number of hydrogen-bond acceptors (Lipinski definition) is 4. The van der Waals surface area contributed by atoms with Gasteiger partial charge in [-0.3, -0.25) is 4.98 Å². The van der Waals surface area contributed by atoms with Crippen molar-refractivity contribution in [3.05, 3.63) is 52.0 Å². The Morgan fingerprint density at radius 1 is 1.15 bits per heavy atom. The molecule has 0 unspecified atom stereocenters. The van der Waals surface area contributed by atoms with Crippen LogP contribution in [0.15, 0.2) is 39.5 Å². The number of rotatable bonds is 2. The number of aromatic nitrogens is 1. The largest absolute Gasteiger partial charge is 0.455 e. The summed E-state index contributed by atoms with van der Waals surface area (Å²) in [7, 11) is 0. The molecular formula is C15H14N2O3. The van der Waals surface area contributed by atoms with Crippen LogP contribution in [0, 0.1) is 13.8 Å². The molecule has 0 spiro atoms. The number of nitrogen functional groups attached to an aromatic ring is 1. The van der Waals surface area contributed by atoms with E-state index in [0.717, 1.165) is 16.9 Å². The van der Waals surface area contributed by atoms with Crippen LogP contribution in [0.2, 0.25) is 0 Å². The molecule has 0 aliphatic carbocycles. The number of nitrogens with two attached hydrogens (primary N) is 1. The molecule has 0 atom stereocenters. The molecule has 102 valence electrons. The number of ether oxygens (including phenoxy) is 1. The molecule has 3 N–H and O–H groups in total. The van der Waals surface area contributed by atoms with Crippen LogP contribution in [0.1, 0.15) is 11.1 Å². The van der Waals surface area contributed by atoms with E-state index in [1.807, 2.05) is 32.0 Å². The first-order valence-corrected chi connectivity index (χ1v) is 6.20. The third kappa shape index (κ3) is 2.14. The van der Waals surface area contributed by atoms with Gasteiger partial charge in [0.2, 0.25) is 0 Å². The van der Waals surface area contributed by atoms with Gasteiger partial charge in [0, 0.05) is 12.1 Å². The smallest absolute Gasteiger partial charge is 0.417 e. The third-order valence-electron chi connectivity index (χ3n) is 3.11. The van der Waals surface area contributed by atoms with E-state index in [0.29, 0.717) is 22.5 Å². The number of hydrogen-bond donors (Lipinski definition) is 2. The van der Waals surface area contributed by atoms with Gasteiger partial charge < -0.3 is 14.9 Å². The van der Waals surface area contributed by atoms with Gasteiger partial charge in [-0.05, 0) is 31.0 Å². The molecule has 5 heteroatoms. The van der Waals surface area contributed by atoms with E-state index in [2.05, 4.69) is 4.98 Å². The summed E-state index contributed by atoms with van der Waals surface area (Å²) in [5.41, 5.74) is 9.43. The Hall–Kier alpha value is -2.69. The minimum Gasteiger partial charge on any atom is -0.455 e. The summed E-state index contributed by atoms with van der Waals surface area (Å²) in [5, 5.41) is 0. The van der Waals surface area contributed by atoms with Crippen molar-refractivity contribution in [1.29, 1.82) is 0 Å². The summed E-state index contributed by atoms with van der Waals surface area (Å²) in [6.45, 7) is 3.95. The molecular weight excluding hydrogens is 256 g/mol. The van der Waals surface area contributed by atoms with Crippen molar-refractivity contribution in [3.63, 3.8) is 0 Å². The van der Waals surface area contributed by atoms with Crippen molar-refractivity contribution in [3.8, 4) is 11.5 Å². The van der Waals surface area contributed by atoms with Gasteiger partial charge in [-0.2, -0.15) is 0 Å². The predicted octanol–water partition coefficient (Wildman–Crippen LogP) is 3.11. The summed E-state index contributed by atoms with van der Waals surface area (Å²) in [4.78, 5) is 13.7. The molecule has 0 fully saturated rings. The van der Waals surface area contributed by atoms with Crippen LogP contribution in [-0.2, 0) is 0 Å². The lowest BCUT2D eigenvalue weighted by Gasteiger charge is -2.11. The average Bonchev–Trinajstić information content (AvgIpc) is 2.73. The number of anilines is 1. The molecule has 0 saturated heterocycles. The van der Waals surface area contributed by atoms with E-state index in [4.69, 9.17) is 14.9 Å². The van der Waals surface area contributed by atoms with E-state index >= 15 is 0 Å². The lowest BCUT2D eigenvalue weighted by molar-refractivity contribution is 0.481. The van der Waals surface area contributed by atoms with E-state index in [-0.39, 0.29) is 0 Å². The molecule has 1 aromatic heterocycles. The zero-order valence-electron chi connectivity index (χ0n) is 11.2. The molecule has 3 rings (SSSR count). The second-order valence-corrected chi connectivity index (χ2v) is 4.77. The number of H-pyrrole nitrogens is 1. The fourth-order valence-corrected chi connectivity index (χ4v) is 2.02. The Morgan fingerprint density at radius 3 is 2.75 bits per heavy atom. The third-order valence-corrected chi connectivity index (χ3v) is 3.11. The number of aromatic amines is 1. The second-order valence-electron chi connectivity index (χ2n) is 4.77.